The molecule has 2 aromatic carbocycles. The smallest absolute Gasteiger partial charge is 0.269 e. The number of nitrogens with one attached hydrogen (secondary N) is 1. The molecule has 1 N–H and O–H groups in total. The Morgan fingerprint density at radius 1 is 1.18 bits per heavy atom. The largest absolute Gasteiger partial charge is 0.493 e. The lowest BCUT2D eigenvalue weighted by atomic mass is 10.2. The second-order valence-electron chi connectivity index (χ2n) is 4.47. The molecule has 0 heterocycles. The van der Waals surface area contributed by atoms with Gasteiger partial charge in [-0.3, -0.25) is 10.1 Å². The molecule has 0 bridgehead atoms. The van der Waals surface area contributed by atoms with Crippen LogP contribution in [0.2, 0.25) is 5.02 Å². The van der Waals surface area contributed by atoms with Crippen LogP contribution in [0.1, 0.15) is 5.56 Å². The van der Waals surface area contributed by atoms with Gasteiger partial charge in [0.2, 0.25) is 0 Å². The van der Waals surface area contributed by atoms with Gasteiger partial charge in [0.05, 0.1) is 24.2 Å². The van der Waals surface area contributed by atoms with Crippen LogP contribution in [0, 0.1) is 10.1 Å². The Hall–Kier alpha value is -2.47. The molecule has 0 saturated carbocycles. The molecule has 0 amide bonds. The van der Waals surface area contributed by atoms with E-state index >= 15 is 0 Å². The van der Waals surface area contributed by atoms with Gasteiger partial charge in [0.1, 0.15) is 0 Å². The average molecular weight is 323 g/mol. The minimum absolute atomic E-state index is 0.0553. The van der Waals surface area contributed by atoms with Crippen molar-refractivity contribution in [1.82, 2.24) is 0 Å². The highest BCUT2D eigenvalue weighted by Crippen LogP contribution is 2.36. The van der Waals surface area contributed by atoms with Crippen LogP contribution in [0.4, 0.5) is 11.4 Å². The highest BCUT2D eigenvalue weighted by Gasteiger charge is 2.11. The standard InChI is InChI=1S/C15H15ClN2O4/c1-21-14-8-10(7-13(16)15(14)22-2)9-17-11-3-5-12(6-4-11)18(19)20/h3-8,17H,9H2,1-2H3. The zero-order valence-electron chi connectivity index (χ0n) is 12.1. The molecule has 116 valence electrons. The molecule has 0 fully saturated rings. The fourth-order valence-corrected chi connectivity index (χ4v) is 2.29. The van der Waals surface area contributed by atoms with Crippen LogP contribution in [-0.2, 0) is 6.54 Å². The Morgan fingerprint density at radius 2 is 1.86 bits per heavy atom. The van der Waals surface area contributed by atoms with E-state index < -0.39 is 4.92 Å². The van der Waals surface area contributed by atoms with Crippen LogP contribution < -0.4 is 14.8 Å². The van der Waals surface area contributed by atoms with Crippen molar-refractivity contribution >= 4 is 23.0 Å². The van der Waals surface area contributed by atoms with Gasteiger partial charge in [-0.2, -0.15) is 0 Å². The quantitative estimate of drug-likeness (QED) is 0.645. The lowest BCUT2D eigenvalue weighted by molar-refractivity contribution is -0.384. The number of ether oxygens (including phenoxy) is 2. The summed E-state index contributed by atoms with van der Waals surface area (Å²) in [6.07, 6.45) is 0. The number of rotatable bonds is 6. The summed E-state index contributed by atoms with van der Waals surface area (Å²) in [6.45, 7) is 0.498. The average Bonchev–Trinajstić information content (AvgIpc) is 2.52. The maximum absolute atomic E-state index is 10.6. The van der Waals surface area contributed by atoms with Gasteiger partial charge < -0.3 is 14.8 Å². The third-order valence-corrected chi connectivity index (χ3v) is 3.35. The molecule has 22 heavy (non-hydrogen) atoms. The van der Waals surface area contributed by atoms with E-state index in [-0.39, 0.29) is 5.69 Å². The molecular formula is C15H15ClN2O4. The van der Waals surface area contributed by atoms with Gasteiger partial charge in [0.15, 0.2) is 11.5 Å². The number of hydrogen-bond acceptors (Lipinski definition) is 5. The van der Waals surface area contributed by atoms with Crippen molar-refractivity contribution in [3.63, 3.8) is 0 Å². The van der Waals surface area contributed by atoms with Crippen LogP contribution in [0.5, 0.6) is 11.5 Å². The summed E-state index contributed by atoms with van der Waals surface area (Å²) >= 11 is 6.14. The molecule has 0 saturated heterocycles. The summed E-state index contributed by atoms with van der Waals surface area (Å²) in [5.74, 6) is 1.04. The molecule has 0 unspecified atom stereocenters. The van der Waals surface area contributed by atoms with E-state index in [1.807, 2.05) is 6.07 Å². The number of benzene rings is 2. The second-order valence-corrected chi connectivity index (χ2v) is 4.88. The number of methoxy groups -OCH3 is 2. The van der Waals surface area contributed by atoms with E-state index in [9.17, 15) is 10.1 Å². The highest BCUT2D eigenvalue weighted by molar-refractivity contribution is 6.32. The van der Waals surface area contributed by atoms with Crippen molar-refractivity contribution in [2.24, 2.45) is 0 Å². The minimum atomic E-state index is -0.433. The molecule has 0 spiro atoms. The lowest BCUT2D eigenvalue weighted by Gasteiger charge is -2.12. The van der Waals surface area contributed by atoms with Gasteiger partial charge in [0, 0.05) is 24.4 Å². The first-order chi connectivity index (χ1) is 10.5. The normalized spacial score (nSPS) is 10.1. The molecule has 2 aromatic rings. The van der Waals surface area contributed by atoms with Crippen molar-refractivity contribution in [2.75, 3.05) is 19.5 Å². The Labute approximate surface area is 132 Å². The second kappa shape index (κ2) is 7.00. The highest BCUT2D eigenvalue weighted by atomic mass is 35.5. The molecule has 0 radical (unpaired) electrons. The van der Waals surface area contributed by atoms with Crippen molar-refractivity contribution in [1.29, 1.82) is 0 Å². The summed E-state index contributed by atoms with van der Waals surface area (Å²) < 4.78 is 10.4. The monoisotopic (exact) mass is 322 g/mol. The molecule has 7 heteroatoms. The fraction of sp³-hybridized carbons (Fsp3) is 0.200. The maximum atomic E-state index is 10.6. The number of halogens is 1. The van der Waals surface area contributed by atoms with E-state index in [0.717, 1.165) is 11.3 Å². The third kappa shape index (κ3) is 3.59. The van der Waals surface area contributed by atoms with Crippen molar-refractivity contribution in [3.05, 3.63) is 57.1 Å². The molecule has 0 atom stereocenters. The molecule has 0 aliphatic heterocycles. The van der Waals surface area contributed by atoms with Gasteiger partial charge >= 0.3 is 0 Å². The van der Waals surface area contributed by atoms with Crippen LogP contribution in [0.15, 0.2) is 36.4 Å². The minimum Gasteiger partial charge on any atom is -0.493 e. The number of nitro groups is 1. The van der Waals surface area contributed by atoms with E-state index in [0.29, 0.717) is 23.1 Å². The lowest BCUT2D eigenvalue weighted by Crippen LogP contribution is -2.01. The Morgan fingerprint density at radius 3 is 2.41 bits per heavy atom. The van der Waals surface area contributed by atoms with Crippen molar-refractivity contribution in [2.45, 2.75) is 6.54 Å². The Bertz CT molecular complexity index is 674. The first-order valence-electron chi connectivity index (χ1n) is 6.44. The molecule has 0 aliphatic rings. The van der Waals surface area contributed by atoms with E-state index in [4.69, 9.17) is 21.1 Å². The first-order valence-corrected chi connectivity index (χ1v) is 6.81. The van der Waals surface area contributed by atoms with E-state index in [1.54, 1.807) is 25.3 Å². The zero-order valence-corrected chi connectivity index (χ0v) is 12.9. The van der Waals surface area contributed by atoms with E-state index in [2.05, 4.69) is 5.32 Å². The first kappa shape index (κ1) is 15.9. The third-order valence-electron chi connectivity index (χ3n) is 3.07. The summed E-state index contributed by atoms with van der Waals surface area (Å²) in [5, 5.41) is 14.2. The number of nitro benzene ring substituents is 1. The number of hydrogen-bond donors (Lipinski definition) is 1. The summed E-state index contributed by atoms with van der Waals surface area (Å²) in [4.78, 5) is 10.2. The predicted octanol–water partition coefficient (Wildman–Crippen LogP) is 3.88. The van der Waals surface area contributed by atoms with Gasteiger partial charge in [-0.05, 0) is 29.8 Å². The zero-order chi connectivity index (χ0) is 16.1. The predicted molar refractivity (Wildman–Crippen MR) is 85.0 cm³/mol. The fourth-order valence-electron chi connectivity index (χ4n) is 1.98. The van der Waals surface area contributed by atoms with E-state index in [1.165, 1.54) is 19.2 Å². The van der Waals surface area contributed by atoms with Gasteiger partial charge in [-0.15, -0.1) is 0 Å². The summed E-state index contributed by atoms with van der Waals surface area (Å²) in [7, 11) is 3.07. The number of anilines is 1. The molecule has 0 aliphatic carbocycles. The number of nitrogens with zero attached hydrogens (tertiary/aromatic N) is 1. The summed E-state index contributed by atoms with van der Waals surface area (Å²) in [5.41, 5.74) is 1.73. The van der Waals surface area contributed by atoms with Crippen molar-refractivity contribution in [3.8, 4) is 11.5 Å². The van der Waals surface area contributed by atoms with Gasteiger partial charge in [-0.1, -0.05) is 11.6 Å². The Balaban J connectivity index is 2.11. The molecule has 2 rings (SSSR count). The molecule has 0 aromatic heterocycles. The maximum Gasteiger partial charge on any atom is 0.269 e. The van der Waals surface area contributed by atoms with Crippen LogP contribution in [0.25, 0.3) is 0 Å². The van der Waals surface area contributed by atoms with Crippen LogP contribution in [-0.4, -0.2) is 19.1 Å². The van der Waals surface area contributed by atoms with Crippen molar-refractivity contribution < 1.29 is 14.4 Å². The topological polar surface area (TPSA) is 73.6 Å². The molecule has 6 nitrogen and oxygen atoms in total. The van der Waals surface area contributed by atoms with Gasteiger partial charge in [-0.25, -0.2) is 0 Å². The number of non-ortho nitro benzene ring substituents is 1. The van der Waals surface area contributed by atoms with Gasteiger partial charge in [0.25, 0.3) is 5.69 Å². The Kier molecular flexibility index (Phi) is 5.06. The molecular weight excluding hydrogens is 308 g/mol. The SMILES string of the molecule is COc1cc(CNc2ccc([N+](=O)[O-])cc2)cc(Cl)c1OC. The summed E-state index contributed by atoms with van der Waals surface area (Å²) in [6, 6.07) is 9.80. The van der Waals surface area contributed by atoms with Crippen LogP contribution in [0.3, 0.4) is 0 Å². The van der Waals surface area contributed by atoms with Crippen LogP contribution >= 0.6 is 11.6 Å².